The number of amides is 1. The van der Waals surface area contributed by atoms with Crippen molar-refractivity contribution in [3.05, 3.63) is 18.1 Å². The van der Waals surface area contributed by atoms with E-state index in [4.69, 9.17) is 0 Å². The fraction of sp³-hybridized carbons (Fsp3) is 0.667. The van der Waals surface area contributed by atoms with Crippen molar-refractivity contribution in [2.75, 3.05) is 25.0 Å². The predicted molar refractivity (Wildman–Crippen MR) is 79.8 cm³/mol. The number of hydrogen-bond donors (Lipinski definition) is 1. The summed E-state index contributed by atoms with van der Waals surface area (Å²) in [6.45, 7) is 4.78. The van der Waals surface area contributed by atoms with Gasteiger partial charge in [-0.05, 0) is 25.7 Å². The number of likely N-dealkylation sites (tertiary alicyclic amines) is 1. The van der Waals surface area contributed by atoms with E-state index < -0.39 is 0 Å². The van der Waals surface area contributed by atoms with E-state index in [1.807, 2.05) is 4.90 Å². The maximum absolute atomic E-state index is 12.2. The Morgan fingerprint density at radius 3 is 2.65 bits per heavy atom. The molecule has 1 aliphatic rings. The maximum atomic E-state index is 12.2. The highest BCUT2D eigenvalue weighted by Gasteiger charge is 2.19. The molecule has 110 valence electrons. The maximum Gasteiger partial charge on any atom is 0.274 e. The minimum Gasteiger partial charge on any atom is -0.369 e. The van der Waals surface area contributed by atoms with E-state index in [2.05, 4.69) is 22.2 Å². The molecule has 0 radical (unpaired) electrons. The number of piperidine rings is 1. The summed E-state index contributed by atoms with van der Waals surface area (Å²) in [5.74, 6) is 0.756. The summed E-state index contributed by atoms with van der Waals surface area (Å²) < 4.78 is 0. The van der Waals surface area contributed by atoms with Gasteiger partial charge in [0.25, 0.3) is 5.91 Å². The Kier molecular flexibility index (Phi) is 5.77. The molecule has 20 heavy (non-hydrogen) atoms. The highest BCUT2D eigenvalue weighted by Crippen LogP contribution is 2.12. The summed E-state index contributed by atoms with van der Waals surface area (Å²) in [5.41, 5.74) is 0.450. The van der Waals surface area contributed by atoms with Crippen molar-refractivity contribution in [2.45, 2.75) is 45.4 Å². The number of nitrogens with one attached hydrogen (secondary N) is 1. The van der Waals surface area contributed by atoms with Gasteiger partial charge in [0, 0.05) is 19.6 Å². The van der Waals surface area contributed by atoms with Crippen LogP contribution in [0, 0.1) is 0 Å². The van der Waals surface area contributed by atoms with Crippen LogP contribution < -0.4 is 5.32 Å². The highest BCUT2D eigenvalue weighted by atomic mass is 16.2. The third-order valence-electron chi connectivity index (χ3n) is 3.60. The molecule has 1 aromatic heterocycles. The van der Waals surface area contributed by atoms with Crippen molar-refractivity contribution in [3.8, 4) is 0 Å². The molecule has 0 aliphatic carbocycles. The van der Waals surface area contributed by atoms with Crippen LogP contribution in [0.25, 0.3) is 0 Å². The quantitative estimate of drug-likeness (QED) is 0.812. The van der Waals surface area contributed by atoms with E-state index in [0.717, 1.165) is 44.7 Å². The normalized spacial score (nSPS) is 15.2. The number of anilines is 1. The van der Waals surface area contributed by atoms with E-state index in [0.29, 0.717) is 5.69 Å². The molecule has 1 aliphatic heterocycles. The monoisotopic (exact) mass is 276 g/mol. The summed E-state index contributed by atoms with van der Waals surface area (Å²) in [6.07, 6.45) is 10.2. The Morgan fingerprint density at radius 1 is 1.20 bits per heavy atom. The van der Waals surface area contributed by atoms with Crippen molar-refractivity contribution in [1.82, 2.24) is 14.9 Å². The van der Waals surface area contributed by atoms with E-state index in [1.165, 1.54) is 19.3 Å². The molecule has 1 amide bonds. The minimum atomic E-state index is 0.00901. The second-order valence-electron chi connectivity index (χ2n) is 5.27. The molecule has 1 fully saturated rings. The zero-order valence-corrected chi connectivity index (χ0v) is 12.3. The van der Waals surface area contributed by atoms with Gasteiger partial charge >= 0.3 is 0 Å². The minimum absolute atomic E-state index is 0.00901. The van der Waals surface area contributed by atoms with Gasteiger partial charge in [0.15, 0.2) is 0 Å². The molecule has 5 nitrogen and oxygen atoms in total. The van der Waals surface area contributed by atoms with Crippen molar-refractivity contribution >= 4 is 11.7 Å². The fourth-order valence-electron chi connectivity index (χ4n) is 2.38. The first-order valence-corrected chi connectivity index (χ1v) is 7.66. The van der Waals surface area contributed by atoms with Gasteiger partial charge < -0.3 is 10.2 Å². The Morgan fingerprint density at radius 2 is 2.00 bits per heavy atom. The number of carbonyl (C=O) groups excluding carboxylic acids is 1. The van der Waals surface area contributed by atoms with Crippen molar-refractivity contribution in [2.24, 2.45) is 0 Å². The van der Waals surface area contributed by atoms with Gasteiger partial charge in [0.1, 0.15) is 11.5 Å². The molecule has 0 atom stereocenters. The number of unbranched alkanes of at least 4 members (excludes halogenated alkanes) is 2. The molecular formula is C15H24N4O. The third-order valence-corrected chi connectivity index (χ3v) is 3.60. The van der Waals surface area contributed by atoms with Crippen LogP contribution in [0.1, 0.15) is 55.9 Å². The highest BCUT2D eigenvalue weighted by molar-refractivity contribution is 5.92. The lowest BCUT2D eigenvalue weighted by Gasteiger charge is -2.26. The first-order valence-electron chi connectivity index (χ1n) is 7.66. The average Bonchev–Trinajstić information content (AvgIpc) is 2.52. The number of rotatable bonds is 6. The van der Waals surface area contributed by atoms with Crippen LogP contribution in [0.5, 0.6) is 0 Å². The largest absolute Gasteiger partial charge is 0.369 e. The van der Waals surface area contributed by atoms with Crippen LogP contribution in [-0.4, -0.2) is 40.4 Å². The van der Waals surface area contributed by atoms with E-state index >= 15 is 0 Å². The van der Waals surface area contributed by atoms with Crippen LogP contribution in [0.2, 0.25) is 0 Å². The second-order valence-corrected chi connectivity index (χ2v) is 5.27. The van der Waals surface area contributed by atoms with Gasteiger partial charge in [-0.2, -0.15) is 0 Å². The van der Waals surface area contributed by atoms with Crippen molar-refractivity contribution in [1.29, 1.82) is 0 Å². The average molecular weight is 276 g/mol. The first kappa shape index (κ1) is 14.8. The zero-order valence-electron chi connectivity index (χ0n) is 12.3. The lowest BCUT2D eigenvalue weighted by atomic mass is 10.1. The van der Waals surface area contributed by atoms with E-state index in [1.54, 1.807) is 12.4 Å². The number of hydrogen-bond acceptors (Lipinski definition) is 4. The Bertz CT molecular complexity index is 412. The molecule has 0 bridgehead atoms. The number of aromatic nitrogens is 2. The Hall–Kier alpha value is -1.65. The van der Waals surface area contributed by atoms with E-state index in [9.17, 15) is 4.79 Å². The Balaban J connectivity index is 1.85. The third kappa shape index (κ3) is 4.18. The fourth-order valence-corrected chi connectivity index (χ4v) is 2.38. The zero-order chi connectivity index (χ0) is 14.2. The van der Waals surface area contributed by atoms with Crippen LogP contribution in [0.3, 0.4) is 0 Å². The molecule has 0 unspecified atom stereocenters. The van der Waals surface area contributed by atoms with Crippen LogP contribution >= 0.6 is 0 Å². The summed E-state index contributed by atoms with van der Waals surface area (Å²) in [7, 11) is 0. The first-order chi connectivity index (χ1) is 9.81. The molecule has 0 saturated carbocycles. The molecule has 5 heteroatoms. The van der Waals surface area contributed by atoms with Crippen LogP contribution in [0.15, 0.2) is 12.4 Å². The van der Waals surface area contributed by atoms with Gasteiger partial charge in [-0.3, -0.25) is 4.79 Å². The van der Waals surface area contributed by atoms with Crippen molar-refractivity contribution in [3.63, 3.8) is 0 Å². The molecule has 1 saturated heterocycles. The van der Waals surface area contributed by atoms with Gasteiger partial charge in [-0.25, -0.2) is 9.97 Å². The number of nitrogens with zero attached hydrogens (tertiary/aromatic N) is 3. The molecule has 1 aromatic rings. The van der Waals surface area contributed by atoms with Gasteiger partial charge in [0.2, 0.25) is 0 Å². The SMILES string of the molecule is CCCCCNc1cnc(C(=O)N2CCCCC2)cn1. The summed E-state index contributed by atoms with van der Waals surface area (Å²) in [4.78, 5) is 22.6. The lowest BCUT2D eigenvalue weighted by molar-refractivity contribution is 0.0718. The molecule has 2 heterocycles. The topological polar surface area (TPSA) is 58.1 Å². The van der Waals surface area contributed by atoms with Gasteiger partial charge in [-0.15, -0.1) is 0 Å². The summed E-state index contributed by atoms with van der Waals surface area (Å²) in [6, 6.07) is 0. The van der Waals surface area contributed by atoms with E-state index in [-0.39, 0.29) is 5.91 Å². The molecule has 2 rings (SSSR count). The lowest BCUT2D eigenvalue weighted by Crippen LogP contribution is -2.36. The molecule has 0 spiro atoms. The van der Waals surface area contributed by atoms with Crippen LogP contribution in [-0.2, 0) is 0 Å². The van der Waals surface area contributed by atoms with Crippen LogP contribution in [0.4, 0.5) is 5.82 Å². The predicted octanol–water partition coefficient (Wildman–Crippen LogP) is 2.70. The number of carbonyl (C=O) groups is 1. The smallest absolute Gasteiger partial charge is 0.274 e. The summed E-state index contributed by atoms with van der Waals surface area (Å²) >= 11 is 0. The Labute approximate surface area is 120 Å². The molecular weight excluding hydrogens is 252 g/mol. The standard InChI is InChI=1S/C15H24N4O/c1-2-3-5-8-16-14-12-17-13(11-18-14)15(20)19-9-6-4-7-10-19/h11-12H,2-10H2,1H3,(H,16,18). The van der Waals surface area contributed by atoms with Crippen molar-refractivity contribution < 1.29 is 4.79 Å². The molecule has 0 aromatic carbocycles. The van der Waals surface area contributed by atoms with Gasteiger partial charge in [-0.1, -0.05) is 19.8 Å². The van der Waals surface area contributed by atoms with Gasteiger partial charge in [0.05, 0.1) is 12.4 Å². The summed E-state index contributed by atoms with van der Waals surface area (Å²) in [5, 5.41) is 3.23. The molecule has 1 N–H and O–H groups in total. The second kappa shape index (κ2) is 7.82.